The molecule has 1 heteroatoms. The molecule has 1 aliphatic rings. The average Bonchev–Trinajstić information content (AvgIpc) is 1.90. The molecular formula is C7H12O. The fraction of sp³-hybridized carbons (Fsp3) is 0.857. The van der Waals surface area contributed by atoms with E-state index < -0.39 is 0 Å². The molecule has 0 atom stereocenters. The van der Waals surface area contributed by atoms with Gasteiger partial charge < -0.3 is 5.11 Å². The molecule has 0 aliphatic heterocycles. The summed E-state index contributed by atoms with van der Waals surface area (Å²) in [5.41, 5.74) is 0. The minimum Gasteiger partial charge on any atom is -0.818 e. The second-order valence-corrected chi connectivity index (χ2v) is 2.45. The van der Waals surface area contributed by atoms with Crippen molar-refractivity contribution in [1.29, 1.82) is 0 Å². The first-order chi connectivity index (χ1) is 3.93. The molecule has 0 bridgehead atoms. The van der Waals surface area contributed by atoms with Crippen molar-refractivity contribution in [2.75, 3.05) is 6.61 Å². The van der Waals surface area contributed by atoms with Gasteiger partial charge in [-0.2, -0.15) is 0 Å². The lowest BCUT2D eigenvalue weighted by Gasteiger charge is -2.13. The summed E-state index contributed by atoms with van der Waals surface area (Å²) in [7, 11) is 0. The highest BCUT2D eigenvalue weighted by Gasteiger charge is 2.17. The van der Waals surface area contributed by atoms with Crippen LogP contribution in [0.25, 0.3) is 0 Å². The third-order valence-corrected chi connectivity index (χ3v) is 1.76. The molecular weight excluding hydrogens is 100 g/mol. The maximum Gasteiger partial charge on any atom is 0.0885 e. The average molecular weight is 112 g/mol. The van der Waals surface area contributed by atoms with Gasteiger partial charge in [-0.1, -0.05) is 0 Å². The Labute approximate surface area is 50.7 Å². The van der Waals surface area contributed by atoms with E-state index in [0.717, 1.165) is 12.8 Å². The molecule has 0 spiro atoms. The molecule has 0 unspecified atom stereocenters. The van der Waals surface area contributed by atoms with Gasteiger partial charge in [-0.3, -0.25) is 0 Å². The molecule has 0 saturated heterocycles. The Morgan fingerprint density at radius 1 is 1.12 bits per heavy atom. The van der Waals surface area contributed by atoms with Gasteiger partial charge in [0.15, 0.2) is 0 Å². The van der Waals surface area contributed by atoms with E-state index >= 15 is 0 Å². The molecule has 1 fully saturated rings. The predicted molar refractivity (Wildman–Crippen MR) is 31.2 cm³/mol. The predicted octanol–water partition coefficient (Wildman–Crippen LogP) is 0.885. The Morgan fingerprint density at radius 3 is 2.12 bits per heavy atom. The summed E-state index contributed by atoms with van der Waals surface area (Å²) < 4.78 is 0. The normalized spacial score (nSPS) is 21.4. The van der Waals surface area contributed by atoms with E-state index in [0.29, 0.717) is 0 Å². The second-order valence-electron chi connectivity index (χ2n) is 2.45. The van der Waals surface area contributed by atoms with Crippen LogP contribution in [0.15, 0.2) is 0 Å². The van der Waals surface area contributed by atoms with E-state index in [1.54, 1.807) is 0 Å². The van der Waals surface area contributed by atoms with Crippen molar-refractivity contribution in [1.82, 2.24) is 0 Å². The van der Waals surface area contributed by atoms with Gasteiger partial charge in [-0.05, 0) is 19.3 Å². The summed E-state index contributed by atoms with van der Waals surface area (Å²) in [5, 5.41) is 10.2. The molecule has 1 nitrogen and oxygen atoms in total. The quantitative estimate of drug-likeness (QED) is 0.462. The molecule has 0 aromatic heterocycles. The van der Waals surface area contributed by atoms with E-state index in [1.165, 1.54) is 25.2 Å². The molecule has 0 N–H and O–H groups in total. The monoisotopic (exact) mass is 112 g/mol. The van der Waals surface area contributed by atoms with Crippen LogP contribution in [0.1, 0.15) is 32.1 Å². The highest BCUT2D eigenvalue weighted by molar-refractivity contribution is 4.90. The zero-order valence-electron chi connectivity index (χ0n) is 5.15. The van der Waals surface area contributed by atoms with Crippen LogP contribution >= 0.6 is 0 Å². The van der Waals surface area contributed by atoms with Crippen LogP contribution in [-0.2, 0) is 0 Å². The van der Waals surface area contributed by atoms with Crippen molar-refractivity contribution in [2.24, 2.45) is 0 Å². The van der Waals surface area contributed by atoms with Gasteiger partial charge in [0.1, 0.15) is 0 Å². The summed E-state index contributed by atoms with van der Waals surface area (Å²) in [6, 6.07) is 0. The smallest absolute Gasteiger partial charge is 0.0885 e. The standard InChI is InChI=1S/C7H12O/c8-6-7-4-2-1-3-5-7/h1-6H2. The van der Waals surface area contributed by atoms with Gasteiger partial charge in [-0.15, -0.1) is 0 Å². The molecule has 0 amide bonds. The Bertz CT molecular complexity index is 55.4. The number of hydrogen-bond acceptors (Lipinski definition) is 1. The van der Waals surface area contributed by atoms with Gasteiger partial charge in [0.2, 0.25) is 0 Å². The van der Waals surface area contributed by atoms with Crippen LogP contribution in [0, 0.1) is 5.92 Å². The topological polar surface area (TPSA) is 23.1 Å². The van der Waals surface area contributed by atoms with Crippen molar-refractivity contribution in [3.63, 3.8) is 0 Å². The fourth-order valence-corrected chi connectivity index (χ4v) is 1.20. The van der Waals surface area contributed by atoms with Crippen LogP contribution in [0.5, 0.6) is 0 Å². The van der Waals surface area contributed by atoms with E-state index in [2.05, 4.69) is 0 Å². The molecule has 1 rings (SSSR count). The molecule has 8 heavy (non-hydrogen) atoms. The van der Waals surface area contributed by atoms with Crippen molar-refractivity contribution in [2.45, 2.75) is 32.1 Å². The zero-order chi connectivity index (χ0) is 5.82. The van der Waals surface area contributed by atoms with Crippen molar-refractivity contribution in [3.8, 4) is 0 Å². The SMILES string of the molecule is [O-]C[C+]1CCCCC1. The largest absolute Gasteiger partial charge is 0.818 e. The third kappa shape index (κ3) is 1.41. The molecule has 0 radical (unpaired) electrons. The van der Waals surface area contributed by atoms with Crippen LogP contribution < -0.4 is 5.11 Å². The molecule has 46 valence electrons. The Morgan fingerprint density at radius 2 is 1.75 bits per heavy atom. The van der Waals surface area contributed by atoms with Crippen molar-refractivity contribution < 1.29 is 5.11 Å². The lowest BCUT2D eigenvalue weighted by atomic mass is 9.90. The van der Waals surface area contributed by atoms with Gasteiger partial charge in [0, 0.05) is 6.61 Å². The van der Waals surface area contributed by atoms with Crippen LogP contribution in [0.2, 0.25) is 0 Å². The van der Waals surface area contributed by atoms with Gasteiger partial charge in [0.05, 0.1) is 18.8 Å². The van der Waals surface area contributed by atoms with E-state index in [9.17, 15) is 5.11 Å². The third-order valence-electron chi connectivity index (χ3n) is 1.76. The van der Waals surface area contributed by atoms with E-state index in [-0.39, 0.29) is 6.61 Å². The zero-order valence-corrected chi connectivity index (χ0v) is 5.15. The highest BCUT2D eigenvalue weighted by Crippen LogP contribution is 2.23. The highest BCUT2D eigenvalue weighted by atomic mass is 16.3. The Hall–Kier alpha value is -0.170. The Kier molecular flexibility index (Phi) is 2.22. The number of rotatable bonds is 1. The maximum atomic E-state index is 10.2. The fourth-order valence-electron chi connectivity index (χ4n) is 1.20. The molecule has 0 heterocycles. The molecule has 0 aromatic rings. The first kappa shape index (κ1) is 5.96. The molecule has 1 aliphatic carbocycles. The second kappa shape index (κ2) is 2.98. The van der Waals surface area contributed by atoms with E-state index in [4.69, 9.17) is 0 Å². The maximum absolute atomic E-state index is 10.2. The van der Waals surface area contributed by atoms with E-state index in [1.807, 2.05) is 0 Å². The lowest BCUT2D eigenvalue weighted by molar-refractivity contribution is -0.363. The number of hydrogen-bond donors (Lipinski definition) is 0. The van der Waals surface area contributed by atoms with Crippen LogP contribution in [-0.4, -0.2) is 6.61 Å². The van der Waals surface area contributed by atoms with Gasteiger partial charge in [0.25, 0.3) is 0 Å². The lowest BCUT2D eigenvalue weighted by Crippen LogP contribution is -2.18. The first-order valence-corrected chi connectivity index (χ1v) is 3.35. The van der Waals surface area contributed by atoms with Crippen molar-refractivity contribution in [3.05, 3.63) is 5.92 Å². The summed E-state index contributed by atoms with van der Waals surface area (Å²) in [6.07, 6.45) is 6.09. The van der Waals surface area contributed by atoms with Crippen LogP contribution in [0.3, 0.4) is 0 Å². The van der Waals surface area contributed by atoms with Crippen molar-refractivity contribution >= 4 is 0 Å². The summed E-state index contributed by atoms with van der Waals surface area (Å²) in [5.74, 6) is 1.25. The van der Waals surface area contributed by atoms with Crippen LogP contribution in [0.4, 0.5) is 0 Å². The minimum absolute atomic E-state index is 0.0833. The Balaban J connectivity index is 2.13. The molecule has 1 saturated carbocycles. The van der Waals surface area contributed by atoms with Gasteiger partial charge >= 0.3 is 0 Å². The van der Waals surface area contributed by atoms with Gasteiger partial charge in [-0.25, -0.2) is 0 Å². The summed E-state index contributed by atoms with van der Waals surface area (Å²) >= 11 is 0. The summed E-state index contributed by atoms with van der Waals surface area (Å²) in [4.78, 5) is 0. The first-order valence-electron chi connectivity index (χ1n) is 3.35. The summed E-state index contributed by atoms with van der Waals surface area (Å²) in [6.45, 7) is 0.0833. The molecule has 0 aromatic carbocycles. The minimum atomic E-state index is 0.0833.